The van der Waals surface area contributed by atoms with Crippen molar-refractivity contribution in [2.45, 2.75) is 6.92 Å². The molecule has 0 spiro atoms. The molecule has 3 aromatic carbocycles. The van der Waals surface area contributed by atoms with Crippen molar-refractivity contribution < 1.29 is 18.9 Å². The number of carbonyl (C=O) groups excluding carboxylic acids is 2. The molecule has 0 saturated heterocycles. The summed E-state index contributed by atoms with van der Waals surface area (Å²) < 4.78 is 18.5. The predicted molar refractivity (Wildman–Crippen MR) is 121 cm³/mol. The third kappa shape index (κ3) is 4.14. The summed E-state index contributed by atoms with van der Waals surface area (Å²) in [7, 11) is -1.42. The number of hydrogen-bond donors (Lipinski definition) is 0. The summed E-state index contributed by atoms with van der Waals surface area (Å²) in [5.74, 6) is -0.460. The Morgan fingerprint density at radius 1 is 0.933 bits per heavy atom. The molecule has 0 aromatic heterocycles. The van der Waals surface area contributed by atoms with Crippen molar-refractivity contribution in [2.75, 3.05) is 7.11 Å². The maximum absolute atomic E-state index is 13.2. The Morgan fingerprint density at radius 2 is 1.60 bits per heavy atom. The van der Waals surface area contributed by atoms with Gasteiger partial charge in [-0.1, -0.05) is 81.8 Å². The Hall–Kier alpha value is -2.23. The van der Waals surface area contributed by atoms with Crippen LogP contribution < -0.4 is 10.0 Å². The number of methoxy groups -OCH3 is 1. The van der Waals surface area contributed by atoms with Gasteiger partial charge in [0.05, 0.1) is 27.7 Å². The van der Waals surface area contributed by atoms with Gasteiger partial charge in [0.25, 0.3) is 5.30 Å². The molecule has 1 atom stereocenters. The Labute approximate surface area is 189 Å². The lowest BCUT2D eigenvalue weighted by Crippen LogP contribution is -2.14. The van der Waals surface area contributed by atoms with Crippen molar-refractivity contribution in [2.24, 2.45) is 0 Å². The fourth-order valence-electron chi connectivity index (χ4n) is 2.98. The molecule has 3 aromatic rings. The van der Waals surface area contributed by atoms with Crippen molar-refractivity contribution in [3.8, 4) is 5.75 Å². The van der Waals surface area contributed by atoms with Crippen LogP contribution in [0.4, 0.5) is 0 Å². The second kappa shape index (κ2) is 9.28. The van der Waals surface area contributed by atoms with E-state index >= 15 is 0 Å². The first kappa shape index (κ1) is 22.5. The van der Waals surface area contributed by atoms with Gasteiger partial charge in [-0.15, -0.1) is 0 Å². The van der Waals surface area contributed by atoms with E-state index in [1.165, 1.54) is 13.2 Å². The molecule has 0 heterocycles. The molecule has 30 heavy (non-hydrogen) atoms. The van der Waals surface area contributed by atoms with Gasteiger partial charge in [-0.2, -0.15) is 0 Å². The molecule has 0 aliphatic rings. The van der Waals surface area contributed by atoms with E-state index < -0.39 is 13.3 Å². The molecule has 8 heteroatoms. The third-order valence-corrected chi connectivity index (χ3v) is 7.02. The average molecular weight is 481 g/mol. The third-order valence-electron chi connectivity index (χ3n) is 4.46. The van der Waals surface area contributed by atoms with Gasteiger partial charge >= 0.3 is 13.3 Å². The number of ether oxygens (including phenoxy) is 1. The molecule has 0 N–H and O–H groups in total. The molecule has 4 nitrogen and oxygen atoms in total. The summed E-state index contributed by atoms with van der Waals surface area (Å²) in [5.41, 5.74) is 0.494. The first-order valence-electron chi connectivity index (χ1n) is 8.70. The van der Waals surface area contributed by atoms with E-state index in [0.29, 0.717) is 11.1 Å². The van der Waals surface area contributed by atoms with Gasteiger partial charge in [-0.25, -0.2) is 4.79 Å². The van der Waals surface area contributed by atoms with Gasteiger partial charge in [0.2, 0.25) is 0 Å². The van der Waals surface area contributed by atoms with Crippen LogP contribution >= 0.6 is 42.6 Å². The van der Waals surface area contributed by atoms with Crippen molar-refractivity contribution in [3.63, 3.8) is 0 Å². The molecule has 0 radical (unpaired) electrons. The van der Waals surface area contributed by atoms with E-state index in [-0.39, 0.29) is 43.0 Å². The van der Waals surface area contributed by atoms with Crippen LogP contribution in [0.3, 0.4) is 0 Å². The zero-order valence-electron chi connectivity index (χ0n) is 15.9. The van der Waals surface area contributed by atoms with E-state index in [0.717, 1.165) is 0 Å². The summed E-state index contributed by atoms with van der Waals surface area (Å²) in [6.45, 7) is 1.69. The molecular weight excluding hydrogens is 466 g/mol. The van der Waals surface area contributed by atoms with E-state index in [1.54, 1.807) is 55.5 Å². The van der Waals surface area contributed by atoms with Crippen LogP contribution in [0.2, 0.25) is 15.1 Å². The van der Waals surface area contributed by atoms with Gasteiger partial charge < -0.3 is 4.74 Å². The minimum atomic E-state index is -2.72. The fraction of sp³-hybridized carbons (Fsp3) is 0.0909. The molecule has 0 amide bonds. The van der Waals surface area contributed by atoms with Crippen molar-refractivity contribution in [1.29, 1.82) is 0 Å². The lowest BCUT2D eigenvalue weighted by molar-refractivity contribution is 0.103. The average Bonchev–Trinajstić information content (AvgIpc) is 2.74. The van der Waals surface area contributed by atoms with Crippen LogP contribution in [0.15, 0.2) is 54.6 Å². The van der Waals surface area contributed by atoms with Gasteiger partial charge in [0.15, 0.2) is 11.5 Å². The SMILES string of the molecule is COc1c(Cl)c(C(=O)c2ccccc2)cc(Cl)c1[P+](=O)C(=O)c1c(C)cccc1Cl. The fourth-order valence-corrected chi connectivity index (χ4v) is 5.51. The highest BCUT2D eigenvalue weighted by atomic mass is 35.5. The second-order valence-electron chi connectivity index (χ2n) is 6.33. The molecular formula is C22H15Cl3O4P+. The zero-order valence-corrected chi connectivity index (χ0v) is 19.1. The summed E-state index contributed by atoms with van der Waals surface area (Å²) in [6.07, 6.45) is 0. The number of halogens is 3. The number of benzene rings is 3. The summed E-state index contributed by atoms with van der Waals surface area (Å²) in [4.78, 5) is 25.8. The lowest BCUT2D eigenvalue weighted by atomic mass is 10.0. The highest BCUT2D eigenvalue weighted by Gasteiger charge is 2.42. The molecule has 1 unspecified atom stereocenters. The molecule has 3 rings (SSSR count). The van der Waals surface area contributed by atoms with Gasteiger partial charge in [0.1, 0.15) is 0 Å². The molecule has 0 bridgehead atoms. The zero-order chi connectivity index (χ0) is 22.0. The first-order valence-corrected chi connectivity index (χ1v) is 11.1. The predicted octanol–water partition coefficient (Wildman–Crippen LogP) is 6.49. The quantitative estimate of drug-likeness (QED) is 0.299. The molecule has 152 valence electrons. The number of hydrogen-bond acceptors (Lipinski definition) is 4. The topological polar surface area (TPSA) is 60.4 Å². The van der Waals surface area contributed by atoms with E-state index in [1.807, 2.05) is 0 Å². The van der Waals surface area contributed by atoms with E-state index in [9.17, 15) is 14.2 Å². The highest BCUT2D eigenvalue weighted by molar-refractivity contribution is 7.72. The summed E-state index contributed by atoms with van der Waals surface area (Å²) in [6, 6.07) is 14.7. The van der Waals surface area contributed by atoms with Crippen molar-refractivity contribution >= 4 is 59.2 Å². The van der Waals surface area contributed by atoms with Gasteiger partial charge in [-0.05, 0) is 24.6 Å². The van der Waals surface area contributed by atoms with Crippen LogP contribution in [0.5, 0.6) is 5.75 Å². The summed E-state index contributed by atoms with van der Waals surface area (Å²) >= 11 is 18.9. The van der Waals surface area contributed by atoms with Gasteiger partial charge in [0, 0.05) is 11.1 Å². The number of aryl methyl sites for hydroxylation is 1. The Morgan fingerprint density at radius 3 is 2.20 bits per heavy atom. The van der Waals surface area contributed by atoms with Crippen LogP contribution in [0.1, 0.15) is 31.8 Å². The first-order chi connectivity index (χ1) is 14.3. The highest BCUT2D eigenvalue weighted by Crippen LogP contribution is 2.41. The smallest absolute Gasteiger partial charge is 0.464 e. The van der Waals surface area contributed by atoms with Gasteiger partial charge in [-0.3, -0.25) is 4.79 Å². The minimum Gasteiger partial charge on any atom is -0.491 e. The lowest BCUT2D eigenvalue weighted by Gasteiger charge is -2.10. The maximum Gasteiger partial charge on any atom is 0.464 e. The standard InChI is InChI=1S/C22H15Cl3O4P/c1-12-7-6-10-15(23)17(12)22(27)30(28)21-16(24)11-14(18(25)20(21)29-2)19(26)13-8-4-3-5-9-13/h3-11H,1-2H3/q+1. The minimum absolute atomic E-state index is 0.0605. The largest absolute Gasteiger partial charge is 0.491 e. The van der Waals surface area contributed by atoms with Crippen LogP contribution in [-0.2, 0) is 4.57 Å². The molecule has 0 fully saturated rings. The normalized spacial score (nSPS) is 11.2. The summed E-state index contributed by atoms with van der Waals surface area (Å²) in [5, 5.41) is -0.0269. The monoisotopic (exact) mass is 479 g/mol. The Bertz CT molecular complexity index is 1160. The second-order valence-corrected chi connectivity index (χ2v) is 8.96. The van der Waals surface area contributed by atoms with E-state index in [2.05, 4.69) is 0 Å². The Kier molecular flexibility index (Phi) is 6.95. The van der Waals surface area contributed by atoms with Crippen LogP contribution in [-0.4, -0.2) is 18.4 Å². The van der Waals surface area contributed by atoms with Crippen molar-refractivity contribution in [1.82, 2.24) is 0 Å². The molecule has 0 aliphatic carbocycles. The number of ketones is 1. The van der Waals surface area contributed by atoms with Crippen LogP contribution in [0, 0.1) is 6.92 Å². The van der Waals surface area contributed by atoms with Crippen molar-refractivity contribution in [3.05, 3.63) is 91.9 Å². The molecule has 0 saturated carbocycles. The number of carbonyl (C=O) groups is 2. The Balaban J connectivity index is 2.12. The number of rotatable bonds is 6. The van der Waals surface area contributed by atoms with E-state index in [4.69, 9.17) is 39.5 Å². The molecule has 0 aliphatic heterocycles. The maximum atomic E-state index is 13.2. The van der Waals surface area contributed by atoms with Crippen LogP contribution in [0.25, 0.3) is 0 Å².